The number of halogens is 3. The first-order valence-electron chi connectivity index (χ1n) is 14.5. The molecule has 8 nitrogen and oxygen atoms in total. The minimum atomic E-state index is -2.87. The van der Waals surface area contributed by atoms with Crippen molar-refractivity contribution in [1.29, 1.82) is 0 Å². The number of hydrogen-bond donors (Lipinski definition) is 1. The van der Waals surface area contributed by atoms with Gasteiger partial charge in [-0.1, -0.05) is 29.8 Å². The molecule has 42 heavy (non-hydrogen) atoms. The molecule has 0 atom stereocenters. The number of pyridine rings is 1. The Hall–Kier alpha value is -3.66. The lowest BCUT2D eigenvalue weighted by molar-refractivity contribution is -0.130. The Balaban J connectivity index is 1.11. The molecule has 1 aliphatic carbocycles. The fraction of sp³-hybridized carbons (Fsp3) is 0.452. The molecule has 0 bridgehead atoms. The summed E-state index contributed by atoms with van der Waals surface area (Å²) < 4.78 is 26.8. The van der Waals surface area contributed by atoms with E-state index in [2.05, 4.69) is 31.2 Å². The number of hydrogen-bond acceptors (Lipinski definition) is 6. The van der Waals surface area contributed by atoms with Gasteiger partial charge in [0.05, 0.1) is 16.0 Å². The van der Waals surface area contributed by atoms with E-state index in [1.807, 2.05) is 23.1 Å². The van der Waals surface area contributed by atoms with Crippen molar-refractivity contribution in [2.45, 2.75) is 57.4 Å². The summed E-state index contributed by atoms with van der Waals surface area (Å²) in [5.41, 5.74) is 0.991. The fourth-order valence-corrected chi connectivity index (χ4v) is 6.89. The van der Waals surface area contributed by atoms with E-state index in [9.17, 15) is 18.4 Å². The fourth-order valence-electron chi connectivity index (χ4n) is 6.74. The zero-order valence-electron chi connectivity index (χ0n) is 23.2. The van der Waals surface area contributed by atoms with Crippen molar-refractivity contribution in [3.63, 3.8) is 0 Å². The first kappa shape index (κ1) is 28.5. The molecule has 11 heteroatoms. The lowest BCUT2D eigenvalue weighted by atomic mass is 9.70. The van der Waals surface area contributed by atoms with Gasteiger partial charge in [-0.2, -0.15) is 0 Å². The molecule has 220 valence electrons. The molecular formula is C31H33ClF2N6O2. The van der Waals surface area contributed by atoms with Gasteiger partial charge in [0.15, 0.2) is 0 Å². The molecule has 1 aromatic carbocycles. The maximum atomic E-state index is 14.2. The van der Waals surface area contributed by atoms with Gasteiger partial charge in [-0.15, -0.1) is 0 Å². The number of rotatable bonds is 6. The minimum Gasteiger partial charge on any atom is -0.349 e. The second-order valence-electron chi connectivity index (χ2n) is 11.6. The molecule has 0 radical (unpaired) electrons. The molecular weight excluding hydrogens is 562 g/mol. The van der Waals surface area contributed by atoms with Gasteiger partial charge < -0.3 is 15.1 Å². The third-order valence-corrected chi connectivity index (χ3v) is 9.23. The number of piperidine rings is 1. The van der Waals surface area contributed by atoms with Crippen molar-refractivity contribution in [2.24, 2.45) is 11.3 Å². The number of nitrogens with one attached hydrogen (secondary N) is 1. The van der Waals surface area contributed by atoms with Gasteiger partial charge in [-0.05, 0) is 74.6 Å². The van der Waals surface area contributed by atoms with E-state index in [1.165, 1.54) is 11.6 Å². The summed E-state index contributed by atoms with van der Waals surface area (Å²) in [6.07, 6.45) is 7.00. The molecule has 1 N–H and O–H groups in total. The normalized spacial score (nSPS) is 21.9. The van der Waals surface area contributed by atoms with Gasteiger partial charge in [0, 0.05) is 50.0 Å². The molecule has 1 saturated heterocycles. The third kappa shape index (κ3) is 5.69. The van der Waals surface area contributed by atoms with Gasteiger partial charge in [0.25, 0.3) is 12.3 Å². The van der Waals surface area contributed by atoms with Crippen molar-refractivity contribution in [2.75, 3.05) is 29.4 Å². The number of fused-ring (bicyclic) bond motifs is 1. The number of aromatic nitrogens is 3. The highest BCUT2D eigenvalue weighted by molar-refractivity contribution is 6.30. The van der Waals surface area contributed by atoms with Gasteiger partial charge in [-0.3, -0.25) is 14.6 Å². The molecule has 1 saturated carbocycles. The van der Waals surface area contributed by atoms with Gasteiger partial charge in [0.2, 0.25) is 11.9 Å². The highest BCUT2D eigenvalue weighted by atomic mass is 35.5. The van der Waals surface area contributed by atoms with Crippen LogP contribution in [-0.4, -0.2) is 52.4 Å². The SMILES string of the molecule is O=C(N[C@H]1CC[C@H](CN2C(=O)C3(CCN(c4ncccn4)CC3)Cc3ccccc32)CC1)c1cc(Cl)cnc1C(F)F. The summed E-state index contributed by atoms with van der Waals surface area (Å²) in [5, 5.41) is 3.04. The van der Waals surface area contributed by atoms with Crippen LogP contribution in [-0.2, 0) is 11.2 Å². The highest BCUT2D eigenvalue weighted by Crippen LogP contribution is 2.45. The number of nitrogens with zero attached hydrogens (tertiary/aromatic N) is 5. The van der Waals surface area contributed by atoms with Gasteiger partial charge in [-0.25, -0.2) is 18.7 Å². The van der Waals surface area contributed by atoms with Crippen molar-refractivity contribution in [3.8, 4) is 0 Å². The first-order valence-corrected chi connectivity index (χ1v) is 14.9. The van der Waals surface area contributed by atoms with Crippen molar-refractivity contribution in [3.05, 3.63) is 76.8 Å². The topological polar surface area (TPSA) is 91.3 Å². The molecule has 2 amide bonds. The molecule has 2 aromatic heterocycles. The van der Waals surface area contributed by atoms with Crippen LogP contribution in [0.15, 0.2) is 55.0 Å². The minimum absolute atomic E-state index is 0.136. The van der Waals surface area contributed by atoms with Crippen LogP contribution in [0.25, 0.3) is 0 Å². The van der Waals surface area contributed by atoms with E-state index in [-0.39, 0.29) is 28.5 Å². The van der Waals surface area contributed by atoms with E-state index in [1.54, 1.807) is 18.5 Å². The molecule has 2 aliphatic heterocycles. The van der Waals surface area contributed by atoms with E-state index in [4.69, 9.17) is 11.6 Å². The molecule has 3 aromatic rings. The van der Waals surface area contributed by atoms with Crippen molar-refractivity contribution in [1.82, 2.24) is 20.3 Å². The Kier molecular flexibility index (Phi) is 8.07. The van der Waals surface area contributed by atoms with Crippen LogP contribution in [0, 0.1) is 11.3 Å². The second-order valence-corrected chi connectivity index (χ2v) is 12.1. The molecule has 1 spiro atoms. The van der Waals surface area contributed by atoms with Gasteiger partial charge >= 0.3 is 0 Å². The number of carbonyl (C=O) groups is 2. The number of anilines is 2. The Bertz CT molecular complexity index is 1440. The molecule has 0 unspecified atom stereocenters. The molecule has 2 fully saturated rings. The van der Waals surface area contributed by atoms with Crippen LogP contribution in [0.1, 0.15) is 66.6 Å². The largest absolute Gasteiger partial charge is 0.349 e. The maximum Gasteiger partial charge on any atom is 0.281 e. The van der Waals surface area contributed by atoms with Crippen LogP contribution in [0.4, 0.5) is 20.4 Å². The summed E-state index contributed by atoms with van der Waals surface area (Å²) in [6, 6.07) is 11.1. The average Bonchev–Trinajstić information content (AvgIpc) is 3.01. The average molecular weight is 595 g/mol. The Labute approximate surface area is 248 Å². The predicted octanol–water partition coefficient (Wildman–Crippen LogP) is 5.63. The van der Waals surface area contributed by atoms with Crippen LogP contribution in [0.5, 0.6) is 0 Å². The number of para-hydroxylation sites is 1. The summed E-state index contributed by atoms with van der Waals surface area (Å²) in [4.78, 5) is 43.7. The lowest BCUT2D eigenvalue weighted by Gasteiger charge is -2.48. The molecule has 3 aliphatic rings. The highest BCUT2D eigenvalue weighted by Gasteiger charge is 2.48. The Morgan fingerprint density at radius 2 is 1.76 bits per heavy atom. The molecule has 4 heterocycles. The monoisotopic (exact) mass is 594 g/mol. The zero-order chi connectivity index (χ0) is 29.3. The predicted molar refractivity (Wildman–Crippen MR) is 156 cm³/mol. The maximum absolute atomic E-state index is 14.2. The van der Waals surface area contributed by atoms with Gasteiger partial charge in [0.1, 0.15) is 5.69 Å². The number of alkyl halides is 2. The summed E-state index contributed by atoms with van der Waals surface area (Å²) in [5.74, 6) is 0.581. The molecule has 6 rings (SSSR count). The summed E-state index contributed by atoms with van der Waals surface area (Å²) in [6.45, 7) is 2.08. The van der Waals surface area contributed by atoms with Crippen molar-refractivity contribution < 1.29 is 18.4 Å². The lowest BCUT2D eigenvalue weighted by Crippen LogP contribution is -2.55. The Morgan fingerprint density at radius 3 is 2.48 bits per heavy atom. The Morgan fingerprint density at radius 1 is 1.05 bits per heavy atom. The van der Waals surface area contributed by atoms with Crippen LogP contribution < -0.4 is 15.1 Å². The van der Waals surface area contributed by atoms with E-state index in [0.717, 1.165) is 57.1 Å². The quantitative estimate of drug-likeness (QED) is 0.398. The van der Waals surface area contributed by atoms with Crippen molar-refractivity contribution >= 4 is 35.1 Å². The van der Waals surface area contributed by atoms with E-state index < -0.39 is 23.4 Å². The third-order valence-electron chi connectivity index (χ3n) is 9.02. The number of carbonyl (C=O) groups excluding carboxylic acids is 2. The first-order chi connectivity index (χ1) is 20.3. The van der Waals surface area contributed by atoms with E-state index >= 15 is 0 Å². The smallest absolute Gasteiger partial charge is 0.281 e. The van der Waals surface area contributed by atoms with Crippen LogP contribution in [0.2, 0.25) is 5.02 Å². The zero-order valence-corrected chi connectivity index (χ0v) is 23.9. The van der Waals surface area contributed by atoms with E-state index in [0.29, 0.717) is 25.3 Å². The van der Waals surface area contributed by atoms with Crippen LogP contribution in [0.3, 0.4) is 0 Å². The number of amides is 2. The second kappa shape index (κ2) is 11.9. The van der Waals surface area contributed by atoms with Crippen LogP contribution >= 0.6 is 11.6 Å². The number of benzene rings is 1. The summed E-state index contributed by atoms with van der Waals surface area (Å²) >= 11 is 5.93. The standard InChI is InChI=1S/C31H33ClF2N6O2/c32-22-16-24(26(27(33)34)37-18-22)28(41)38-23-8-6-20(7-9-23)19-40-25-5-2-1-4-21(25)17-31(29(40)42)10-14-39(15-11-31)30-35-12-3-13-36-30/h1-5,12-13,16,18,20,23,27H,6-11,14-15,17,19H2,(H,38,41)/t20-,23-. The summed E-state index contributed by atoms with van der Waals surface area (Å²) in [7, 11) is 0.